The van der Waals surface area contributed by atoms with E-state index in [1.165, 1.54) is 0 Å². The summed E-state index contributed by atoms with van der Waals surface area (Å²) < 4.78 is 5.17. The summed E-state index contributed by atoms with van der Waals surface area (Å²) in [4.78, 5) is 15.9. The van der Waals surface area contributed by atoms with Gasteiger partial charge in [-0.05, 0) is 24.3 Å². The Morgan fingerprint density at radius 3 is 2.90 bits per heavy atom. The Hall–Kier alpha value is -1.88. The van der Waals surface area contributed by atoms with E-state index in [2.05, 4.69) is 17.2 Å². The van der Waals surface area contributed by atoms with Gasteiger partial charge in [-0.15, -0.1) is 11.3 Å². The van der Waals surface area contributed by atoms with Crippen molar-refractivity contribution in [1.29, 1.82) is 0 Å². The third kappa shape index (κ3) is 5.95. The van der Waals surface area contributed by atoms with Crippen molar-refractivity contribution in [3.63, 3.8) is 0 Å². The molecule has 0 aliphatic carbocycles. The number of thiazole rings is 1. The van der Waals surface area contributed by atoms with Crippen LogP contribution in [-0.2, 0) is 17.8 Å². The van der Waals surface area contributed by atoms with Crippen LogP contribution in [0.15, 0.2) is 41.9 Å². The third-order valence-electron chi connectivity index (χ3n) is 3.14. The summed E-state index contributed by atoms with van der Waals surface area (Å²) in [5.74, 6) is 0.401. The van der Waals surface area contributed by atoms with E-state index >= 15 is 0 Å². The zero-order chi connectivity index (χ0) is 14.9. The van der Waals surface area contributed by atoms with E-state index in [1.807, 2.05) is 41.9 Å². The number of ether oxygens (including phenoxy) is 1. The van der Waals surface area contributed by atoms with Crippen molar-refractivity contribution in [2.24, 2.45) is 5.92 Å². The molecule has 4 nitrogen and oxygen atoms in total. The lowest BCUT2D eigenvalue weighted by Crippen LogP contribution is -2.29. The molecule has 0 saturated heterocycles. The van der Waals surface area contributed by atoms with Crippen LogP contribution in [-0.4, -0.2) is 17.6 Å². The second-order valence-corrected chi connectivity index (χ2v) is 5.99. The molecule has 2 rings (SSSR count). The third-order valence-corrected chi connectivity index (χ3v) is 3.98. The normalized spacial score (nSPS) is 11.9. The van der Waals surface area contributed by atoms with E-state index in [9.17, 15) is 4.79 Å². The monoisotopic (exact) mass is 304 g/mol. The first kappa shape index (κ1) is 15.5. The summed E-state index contributed by atoms with van der Waals surface area (Å²) in [5.41, 5.74) is 0.990. The first-order valence-electron chi connectivity index (χ1n) is 7.07. The number of nitrogens with one attached hydrogen (secondary N) is 1. The molecule has 1 aromatic heterocycles. The molecule has 1 atom stereocenters. The van der Waals surface area contributed by atoms with Gasteiger partial charge in [0.25, 0.3) is 0 Å². The Bertz CT molecular complexity index is 528. The van der Waals surface area contributed by atoms with Crippen LogP contribution in [0.3, 0.4) is 0 Å². The van der Waals surface area contributed by atoms with Crippen LogP contribution in [0, 0.1) is 5.92 Å². The molecule has 0 radical (unpaired) electrons. The Labute approximate surface area is 129 Å². The van der Waals surface area contributed by atoms with Gasteiger partial charge in [0.05, 0.1) is 5.01 Å². The van der Waals surface area contributed by atoms with Gasteiger partial charge in [-0.2, -0.15) is 0 Å². The molecule has 0 aliphatic rings. The van der Waals surface area contributed by atoms with E-state index in [-0.39, 0.29) is 6.09 Å². The van der Waals surface area contributed by atoms with Crippen LogP contribution in [0.2, 0.25) is 0 Å². The number of carbonyl (C=O) groups is 1. The molecule has 2 aromatic rings. The molecule has 1 N–H and O–H groups in total. The van der Waals surface area contributed by atoms with Crippen LogP contribution < -0.4 is 5.32 Å². The number of rotatable bonds is 7. The minimum Gasteiger partial charge on any atom is -0.445 e. The number of alkyl carbamates (subject to hydrolysis) is 1. The standard InChI is InChI=1S/C16H20N2O2S/c1-13(7-8-15-17-9-10-21-15)11-18-16(19)20-12-14-5-3-2-4-6-14/h2-6,9-10,13H,7-8,11-12H2,1H3,(H,18,19). The predicted octanol–water partition coefficient (Wildman–Crippen LogP) is 3.64. The molecule has 1 unspecified atom stereocenters. The number of benzene rings is 1. The van der Waals surface area contributed by atoms with Crippen molar-refractivity contribution < 1.29 is 9.53 Å². The number of carbonyl (C=O) groups excluding carboxylic acids is 1. The van der Waals surface area contributed by atoms with Gasteiger partial charge in [0.1, 0.15) is 6.61 Å². The highest BCUT2D eigenvalue weighted by atomic mass is 32.1. The predicted molar refractivity (Wildman–Crippen MR) is 84.2 cm³/mol. The summed E-state index contributed by atoms with van der Waals surface area (Å²) in [6.45, 7) is 3.05. The summed E-state index contributed by atoms with van der Waals surface area (Å²) in [5, 5.41) is 5.94. The lowest BCUT2D eigenvalue weighted by molar-refractivity contribution is 0.138. The van der Waals surface area contributed by atoms with Gasteiger partial charge in [-0.3, -0.25) is 0 Å². The number of hydrogen-bond donors (Lipinski definition) is 1. The average Bonchev–Trinajstić information content (AvgIpc) is 3.03. The lowest BCUT2D eigenvalue weighted by Gasteiger charge is -2.12. The molecule has 1 heterocycles. The molecule has 21 heavy (non-hydrogen) atoms. The summed E-state index contributed by atoms with van der Waals surface area (Å²) in [7, 11) is 0. The summed E-state index contributed by atoms with van der Waals surface area (Å²) in [6, 6.07) is 9.66. The minimum atomic E-state index is -0.361. The highest BCUT2D eigenvalue weighted by molar-refractivity contribution is 7.09. The summed E-state index contributed by atoms with van der Waals surface area (Å²) in [6.07, 6.45) is 3.43. The molecule has 0 bridgehead atoms. The number of amides is 1. The smallest absolute Gasteiger partial charge is 0.407 e. The van der Waals surface area contributed by atoms with Gasteiger partial charge >= 0.3 is 6.09 Å². The fourth-order valence-electron chi connectivity index (χ4n) is 1.88. The molecule has 5 heteroatoms. The van der Waals surface area contributed by atoms with Gasteiger partial charge in [0, 0.05) is 18.1 Å². The van der Waals surface area contributed by atoms with Crippen LogP contribution in [0.5, 0.6) is 0 Å². The molecule has 1 amide bonds. The van der Waals surface area contributed by atoms with Crippen molar-refractivity contribution in [3.05, 3.63) is 52.5 Å². The van der Waals surface area contributed by atoms with Crippen LogP contribution in [0.4, 0.5) is 4.79 Å². The van der Waals surface area contributed by atoms with Crippen molar-refractivity contribution >= 4 is 17.4 Å². The topological polar surface area (TPSA) is 51.2 Å². The molecular formula is C16H20N2O2S. The first-order chi connectivity index (χ1) is 10.2. The zero-order valence-corrected chi connectivity index (χ0v) is 12.9. The zero-order valence-electron chi connectivity index (χ0n) is 12.1. The molecule has 0 spiro atoms. The molecule has 0 fully saturated rings. The largest absolute Gasteiger partial charge is 0.445 e. The maximum absolute atomic E-state index is 11.6. The number of nitrogens with zero attached hydrogens (tertiary/aromatic N) is 1. The maximum Gasteiger partial charge on any atom is 0.407 e. The molecule has 112 valence electrons. The van der Waals surface area contributed by atoms with Gasteiger partial charge in [0.15, 0.2) is 0 Å². The van der Waals surface area contributed by atoms with Crippen LogP contribution in [0.1, 0.15) is 23.9 Å². The van der Waals surface area contributed by atoms with Crippen molar-refractivity contribution in [1.82, 2.24) is 10.3 Å². The van der Waals surface area contributed by atoms with Gasteiger partial charge in [-0.25, -0.2) is 9.78 Å². The average molecular weight is 304 g/mol. The van der Waals surface area contributed by atoms with E-state index in [1.54, 1.807) is 11.3 Å². The Balaban J connectivity index is 1.59. The van der Waals surface area contributed by atoms with Crippen molar-refractivity contribution in [2.45, 2.75) is 26.4 Å². The highest BCUT2D eigenvalue weighted by Crippen LogP contribution is 2.11. The Kier molecular flexibility index (Phi) is 6.22. The fourth-order valence-corrected chi connectivity index (χ4v) is 2.52. The van der Waals surface area contributed by atoms with Crippen molar-refractivity contribution in [3.8, 4) is 0 Å². The van der Waals surface area contributed by atoms with Crippen LogP contribution in [0.25, 0.3) is 0 Å². The molecular weight excluding hydrogens is 284 g/mol. The molecule has 1 aromatic carbocycles. The Morgan fingerprint density at radius 1 is 1.38 bits per heavy atom. The van der Waals surface area contributed by atoms with E-state index in [4.69, 9.17) is 4.74 Å². The Morgan fingerprint density at radius 2 is 2.19 bits per heavy atom. The number of hydrogen-bond acceptors (Lipinski definition) is 4. The van der Waals surface area contributed by atoms with Crippen LogP contribution >= 0.6 is 11.3 Å². The van der Waals surface area contributed by atoms with E-state index in [0.29, 0.717) is 19.1 Å². The van der Waals surface area contributed by atoms with Gasteiger partial charge < -0.3 is 10.1 Å². The van der Waals surface area contributed by atoms with E-state index < -0.39 is 0 Å². The summed E-state index contributed by atoms with van der Waals surface area (Å²) >= 11 is 1.67. The SMILES string of the molecule is CC(CCc1nccs1)CNC(=O)OCc1ccccc1. The highest BCUT2D eigenvalue weighted by Gasteiger charge is 2.07. The fraction of sp³-hybridized carbons (Fsp3) is 0.375. The van der Waals surface area contributed by atoms with E-state index in [0.717, 1.165) is 23.4 Å². The maximum atomic E-state index is 11.6. The van der Waals surface area contributed by atoms with Gasteiger partial charge in [-0.1, -0.05) is 37.3 Å². The quantitative estimate of drug-likeness (QED) is 0.849. The first-order valence-corrected chi connectivity index (χ1v) is 7.95. The van der Waals surface area contributed by atoms with Gasteiger partial charge in [0.2, 0.25) is 0 Å². The second-order valence-electron chi connectivity index (χ2n) is 5.01. The number of aromatic nitrogens is 1. The minimum absolute atomic E-state index is 0.306. The lowest BCUT2D eigenvalue weighted by atomic mass is 10.1. The van der Waals surface area contributed by atoms with Crippen molar-refractivity contribution in [2.75, 3.05) is 6.54 Å². The number of aryl methyl sites for hydroxylation is 1. The molecule has 0 aliphatic heterocycles. The second kappa shape index (κ2) is 8.42. The molecule has 0 saturated carbocycles.